The minimum Gasteiger partial charge on any atom is -0.370 e. The zero-order valence-corrected chi connectivity index (χ0v) is 14.4. The Hall–Kier alpha value is -2.53. The summed E-state index contributed by atoms with van der Waals surface area (Å²) in [5.74, 6) is 0.522. The summed E-state index contributed by atoms with van der Waals surface area (Å²) in [5, 5.41) is 7.69. The van der Waals surface area contributed by atoms with Gasteiger partial charge in [0.25, 0.3) is 0 Å². The first-order valence-corrected chi connectivity index (χ1v) is 8.74. The lowest BCUT2D eigenvalue weighted by Gasteiger charge is -2.11. The molecule has 1 aromatic carbocycles. The largest absolute Gasteiger partial charge is 0.370 e. The number of rotatable bonds is 8. The zero-order valence-electron chi connectivity index (χ0n) is 14.4. The Balaban J connectivity index is 1.83. The Morgan fingerprint density at radius 1 is 1.04 bits per heavy atom. The summed E-state index contributed by atoms with van der Waals surface area (Å²) in [6, 6.07) is 12.4. The highest BCUT2D eigenvalue weighted by molar-refractivity contribution is 5.93. The number of hydrogen-bond donors (Lipinski definition) is 2. The Kier molecular flexibility index (Phi) is 5.90. The van der Waals surface area contributed by atoms with Crippen LogP contribution in [-0.2, 0) is 0 Å². The zero-order chi connectivity index (χ0) is 17.5. The van der Waals surface area contributed by atoms with E-state index in [2.05, 4.69) is 22.5 Å². The minimum atomic E-state index is -0.273. The van der Waals surface area contributed by atoms with Crippen LogP contribution < -0.4 is 10.6 Å². The van der Waals surface area contributed by atoms with Crippen LogP contribution in [0, 0.1) is 5.82 Å². The highest BCUT2D eigenvalue weighted by Gasteiger charge is 2.10. The maximum Gasteiger partial charge on any atom is 0.127 e. The molecule has 0 radical (unpaired) electrons. The van der Waals surface area contributed by atoms with Crippen LogP contribution in [0.1, 0.15) is 19.8 Å². The summed E-state index contributed by atoms with van der Waals surface area (Å²) >= 11 is 0. The van der Waals surface area contributed by atoms with Crippen molar-refractivity contribution in [1.82, 2.24) is 15.3 Å². The number of benzene rings is 1. The van der Waals surface area contributed by atoms with Crippen molar-refractivity contribution in [1.29, 1.82) is 0 Å². The van der Waals surface area contributed by atoms with Gasteiger partial charge in [-0.15, -0.1) is 0 Å². The molecule has 2 N–H and O–H groups in total. The molecule has 0 saturated heterocycles. The lowest BCUT2D eigenvalue weighted by Crippen LogP contribution is -2.15. The van der Waals surface area contributed by atoms with Crippen molar-refractivity contribution in [3.05, 3.63) is 54.5 Å². The highest BCUT2D eigenvalue weighted by Crippen LogP contribution is 2.28. The number of nitrogens with zero attached hydrogens (tertiary/aromatic N) is 2. The molecule has 3 aromatic rings. The van der Waals surface area contributed by atoms with Gasteiger partial charge in [-0.25, -0.2) is 9.37 Å². The van der Waals surface area contributed by atoms with Crippen LogP contribution in [0.25, 0.3) is 22.2 Å². The number of halogens is 1. The van der Waals surface area contributed by atoms with E-state index in [0.29, 0.717) is 5.69 Å². The normalized spacial score (nSPS) is 11.0. The van der Waals surface area contributed by atoms with Gasteiger partial charge in [-0.2, -0.15) is 0 Å². The van der Waals surface area contributed by atoms with Crippen molar-refractivity contribution < 1.29 is 4.39 Å². The smallest absolute Gasteiger partial charge is 0.127 e. The molecular formula is C20H23FN4. The fourth-order valence-electron chi connectivity index (χ4n) is 2.78. The van der Waals surface area contributed by atoms with Crippen molar-refractivity contribution in [2.45, 2.75) is 19.8 Å². The molecule has 0 saturated carbocycles. The van der Waals surface area contributed by atoms with E-state index in [0.717, 1.165) is 54.8 Å². The predicted molar refractivity (Wildman–Crippen MR) is 101 cm³/mol. The van der Waals surface area contributed by atoms with Crippen molar-refractivity contribution in [2.24, 2.45) is 0 Å². The van der Waals surface area contributed by atoms with Gasteiger partial charge in [-0.1, -0.05) is 25.1 Å². The molecule has 0 fully saturated rings. The van der Waals surface area contributed by atoms with E-state index in [-0.39, 0.29) is 5.82 Å². The standard InChI is InChI=1S/C20H23FN4/c1-2-22-10-3-4-11-23-18-14-16-8-6-12-24-19(16)20(25-18)15-7-5-9-17(21)13-15/h5-9,12-14,22H,2-4,10-11H2,1H3,(H,23,25). The van der Waals surface area contributed by atoms with E-state index in [1.807, 2.05) is 24.3 Å². The third-order valence-electron chi connectivity index (χ3n) is 4.02. The highest BCUT2D eigenvalue weighted by atomic mass is 19.1. The van der Waals surface area contributed by atoms with E-state index in [9.17, 15) is 4.39 Å². The average molecular weight is 338 g/mol. The molecule has 4 nitrogen and oxygen atoms in total. The predicted octanol–water partition coefficient (Wildman–Crippen LogP) is 4.24. The minimum absolute atomic E-state index is 0.273. The maximum absolute atomic E-state index is 13.6. The first-order valence-electron chi connectivity index (χ1n) is 8.74. The summed E-state index contributed by atoms with van der Waals surface area (Å²) in [7, 11) is 0. The third-order valence-corrected chi connectivity index (χ3v) is 4.02. The molecule has 3 rings (SSSR count). The molecule has 0 aliphatic heterocycles. The molecule has 0 spiro atoms. The molecule has 130 valence electrons. The molecule has 2 heterocycles. The number of nitrogens with one attached hydrogen (secondary N) is 2. The molecule has 0 bridgehead atoms. The number of pyridine rings is 2. The molecule has 0 amide bonds. The molecular weight excluding hydrogens is 315 g/mol. The molecule has 0 aliphatic rings. The van der Waals surface area contributed by atoms with E-state index >= 15 is 0 Å². The Labute approximate surface area is 147 Å². The van der Waals surface area contributed by atoms with Gasteiger partial charge in [-0.3, -0.25) is 4.98 Å². The van der Waals surface area contributed by atoms with Gasteiger partial charge in [-0.05, 0) is 50.2 Å². The fourth-order valence-corrected chi connectivity index (χ4v) is 2.78. The average Bonchev–Trinajstić information content (AvgIpc) is 2.64. The first kappa shape index (κ1) is 17.3. The molecule has 5 heteroatoms. The quantitative estimate of drug-likeness (QED) is 0.603. The van der Waals surface area contributed by atoms with Gasteiger partial charge in [0.1, 0.15) is 11.6 Å². The van der Waals surface area contributed by atoms with Crippen LogP contribution in [0.15, 0.2) is 48.7 Å². The number of fused-ring (bicyclic) bond motifs is 1. The van der Waals surface area contributed by atoms with Gasteiger partial charge < -0.3 is 10.6 Å². The van der Waals surface area contributed by atoms with E-state index < -0.39 is 0 Å². The molecule has 0 atom stereocenters. The topological polar surface area (TPSA) is 49.8 Å². The lowest BCUT2D eigenvalue weighted by molar-refractivity contribution is 0.628. The number of aromatic nitrogens is 2. The van der Waals surface area contributed by atoms with Crippen molar-refractivity contribution in [3.8, 4) is 11.3 Å². The van der Waals surface area contributed by atoms with Gasteiger partial charge in [0.15, 0.2) is 0 Å². The second-order valence-corrected chi connectivity index (χ2v) is 5.93. The molecule has 0 unspecified atom stereocenters. The van der Waals surface area contributed by atoms with E-state index in [1.54, 1.807) is 12.3 Å². The van der Waals surface area contributed by atoms with Crippen molar-refractivity contribution >= 4 is 16.7 Å². The SMILES string of the molecule is CCNCCCCNc1cc2cccnc2c(-c2cccc(F)c2)n1. The summed E-state index contributed by atoms with van der Waals surface area (Å²) in [6.07, 6.45) is 3.92. The van der Waals surface area contributed by atoms with Gasteiger partial charge in [0.2, 0.25) is 0 Å². The maximum atomic E-state index is 13.6. The number of unbranched alkanes of at least 4 members (excludes halogenated alkanes) is 1. The van der Waals surface area contributed by atoms with Gasteiger partial charge >= 0.3 is 0 Å². The number of hydrogen-bond acceptors (Lipinski definition) is 4. The van der Waals surface area contributed by atoms with Crippen molar-refractivity contribution in [3.63, 3.8) is 0 Å². The summed E-state index contributed by atoms with van der Waals surface area (Å²) in [5.41, 5.74) is 2.22. The second kappa shape index (κ2) is 8.53. The van der Waals surface area contributed by atoms with Gasteiger partial charge in [0.05, 0.1) is 11.2 Å². The van der Waals surface area contributed by atoms with E-state index in [1.165, 1.54) is 12.1 Å². The monoisotopic (exact) mass is 338 g/mol. The lowest BCUT2D eigenvalue weighted by atomic mass is 10.1. The Bertz CT molecular complexity index is 835. The van der Waals surface area contributed by atoms with E-state index in [4.69, 9.17) is 4.98 Å². The van der Waals surface area contributed by atoms with Crippen LogP contribution in [-0.4, -0.2) is 29.6 Å². The third kappa shape index (κ3) is 4.51. The van der Waals surface area contributed by atoms with Crippen LogP contribution in [0.4, 0.5) is 10.2 Å². The van der Waals surface area contributed by atoms with Crippen LogP contribution in [0.3, 0.4) is 0 Å². The Morgan fingerprint density at radius 3 is 2.76 bits per heavy atom. The summed E-state index contributed by atoms with van der Waals surface area (Å²) in [6.45, 7) is 5.00. The molecule has 0 aliphatic carbocycles. The van der Waals surface area contributed by atoms with Crippen molar-refractivity contribution in [2.75, 3.05) is 25.0 Å². The number of anilines is 1. The summed E-state index contributed by atoms with van der Waals surface area (Å²) in [4.78, 5) is 9.13. The first-order chi connectivity index (χ1) is 12.3. The van der Waals surface area contributed by atoms with Gasteiger partial charge in [0, 0.05) is 23.7 Å². The summed E-state index contributed by atoms with van der Waals surface area (Å²) < 4.78 is 13.6. The fraction of sp³-hybridized carbons (Fsp3) is 0.300. The van der Waals surface area contributed by atoms with Crippen LogP contribution in [0.5, 0.6) is 0 Å². The molecule has 25 heavy (non-hydrogen) atoms. The van der Waals surface area contributed by atoms with Crippen LogP contribution >= 0.6 is 0 Å². The Morgan fingerprint density at radius 2 is 1.92 bits per heavy atom. The second-order valence-electron chi connectivity index (χ2n) is 5.93. The molecule has 2 aromatic heterocycles. The van der Waals surface area contributed by atoms with Crippen LogP contribution in [0.2, 0.25) is 0 Å².